The lowest BCUT2D eigenvalue weighted by atomic mass is 10.1. The molecule has 2 aromatic heterocycles. The predicted octanol–water partition coefficient (Wildman–Crippen LogP) is 8.40. The van der Waals surface area contributed by atoms with Gasteiger partial charge in [-0.3, -0.25) is 4.57 Å². The van der Waals surface area contributed by atoms with Crippen LogP contribution >= 0.6 is 0 Å². The third kappa shape index (κ3) is 7.13. The molecule has 11 heteroatoms. The topological polar surface area (TPSA) is 80.5 Å². The lowest BCUT2D eigenvalue weighted by Gasteiger charge is -2.44. The van der Waals surface area contributed by atoms with Gasteiger partial charge in [-0.25, -0.2) is 15.0 Å². The summed E-state index contributed by atoms with van der Waals surface area (Å²) in [5.74, 6) is 0.800. The van der Waals surface area contributed by atoms with Gasteiger partial charge < -0.3 is 18.0 Å². The zero-order valence-electron chi connectivity index (χ0n) is 29.7. The summed E-state index contributed by atoms with van der Waals surface area (Å²) in [6.07, 6.45) is 1.22. The molecule has 1 aliphatic heterocycles. The fourth-order valence-electron chi connectivity index (χ4n) is 4.33. The molecule has 0 radical (unpaired) electrons. The fraction of sp³-hybridized carbons (Fsp3) is 0.839. The summed E-state index contributed by atoms with van der Waals surface area (Å²) in [4.78, 5) is 14.4. The van der Waals surface area contributed by atoms with Crippen LogP contribution in [0.1, 0.15) is 87.0 Å². The molecule has 42 heavy (non-hydrogen) atoms. The number of rotatable bonds is 9. The first-order valence-electron chi connectivity index (χ1n) is 15.7. The van der Waals surface area contributed by atoms with Crippen LogP contribution in [0.25, 0.3) is 11.2 Å². The van der Waals surface area contributed by atoms with Gasteiger partial charge in [-0.15, -0.1) is 0 Å². The first-order valence-corrected chi connectivity index (χ1v) is 24.4. The number of hydrogen-bond acceptors (Lipinski definition) is 7. The molecule has 8 nitrogen and oxygen atoms in total. The van der Waals surface area contributed by atoms with Crippen LogP contribution in [0.15, 0.2) is 6.33 Å². The van der Waals surface area contributed by atoms with E-state index in [1.165, 1.54) is 0 Å². The minimum Gasteiger partial charge on any atom is -0.414 e. The molecule has 0 aliphatic carbocycles. The maximum Gasteiger partial charge on any atom is 0.192 e. The van der Waals surface area contributed by atoms with Crippen molar-refractivity contribution in [1.29, 1.82) is 0 Å². The summed E-state index contributed by atoms with van der Waals surface area (Å²) in [6.45, 7) is 38.9. The number of nitrogens with zero attached hydrogens (tertiary/aromatic N) is 4. The summed E-state index contributed by atoms with van der Waals surface area (Å²) >= 11 is 0. The highest BCUT2D eigenvalue weighted by Gasteiger charge is 2.55. The van der Waals surface area contributed by atoms with E-state index in [9.17, 15) is 0 Å². The summed E-state index contributed by atoms with van der Waals surface area (Å²) in [6, 6.07) is 0. The van der Waals surface area contributed by atoms with Gasteiger partial charge in [0.25, 0.3) is 0 Å². The minimum atomic E-state index is -2.25. The molecule has 0 N–H and O–H groups in total. The van der Waals surface area contributed by atoms with E-state index < -0.39 is 31.2 Å². The maximum atomic E-state index is 7.31. The smallest absolute Gasteiger partial charge is 0.192 e. The molecule has 3 rings (SSSR count). The van der Waals surface area contributed by atoms with Crippen molar-refractivity contribution in [2.75, 3.05) is 6.61 Å². The highest BCUT2D eigenvalue weighted by atomic mass is 28.4. The van der Waals surface area contributed by atoms with Crippen LogP contribution < -0.4 is 0 Å². The molecule has 0 saturated carbocycles. The number of fused-ring (bicyclic) bond motifs is 1. The molecule has 3 heterocycles. The van der Waals surface area contributed by atoms with E-state index in [-0.39, 0.29) is 33.4 Å². The molecular weight excluding hydrogens is 577 g/mol. The van der Waals surface area contributed by atoms with E-state index in [1.807, 2.05) is 13.3 Å². The van der Waals surface area contributed by atoms with Gasteiger partial charge in [-0.2, -0.15) is 0 Å². The van der Waals surface area contributed by atoms with Crippen molar-refractivity contribution in [3.63, 3.8) is 0 Å². The Hall–Kier alpha value is -0.959. The summed E-state index contributed by atoms with van der Waals surface area (Å²) in [7, 11) is -6.51. The number of ether oxygens (including phenoxy) is 1. The van der Waals surface area contributed by atoms with Crippen LogP contribution in [0.2, 0.25) is 54.4 Å². The molecule has 2 aromatic rings. The quantitative estimate of drug-likeness (QED) is 0.256. The molecule has 1 fully saturated rings. The Kier molecular flexibility index (Phi) is 9.94. The Labute approximate surface area is 259 Å². The van der Waals surface area contributed by atoms with Gasteiger partial charge in [0.05, 0.1) is 18.6 Å². The van der Waals surface area contributed by atoms with Crippen molar-refractivity contribution in [2.45, 2.75) is 162 Å². The van der Waals surface area contributed by atoms with Gasteiger partial charge in [-0.05, 0) is 61.3 Å². The monoisotopic (exact) mass is 636 g/mol. The molecule has 4 atom stereocenters. The number of aryl methyl sites for hydroxylation is 2. The number of aromatic nitrogens is 4. The Morgan fingerprint density at radius 1 is 0.786 bits per heavy atom. The standard InChI is InChI=1S/C31H60N4O4Si3/c1-18-23-33-21(2)24-27(34-23)35(20-32-24)28-26(39-42(16,17)31(9,10)11)25(38-41(14,15)30(6,7)8)22(37-28)19-36-40(12,13)29(3,4)5/h20,22,25-26,28H,18-19H2,1-17H3/t22-,25-,26-,28-/m1/s1. The molecular formula is C31H60N4O4Si3. The Morgan fingerprint density at radius 2 is 1.29 bits per heavy atom. The van der Waals surface area contributed by atoms with Crippen LogP contribution in [-0.4, -0.2) is 69.4 Å². The number of hydrogen-bond donors (Lipinski definition) is 0. The highest BCUT2D eigenvalue weighted by molar-refractivity contribution is 6.75. The molecule has 1 saturated heterocycles. The van der Waals surface area contributed by atoms with Crippen molar-refractivity contribution < 1.29 is 18.0 Å². The van der Waals surface area contributed by atoms with Gasteiger partial charge in [-0.1, -0.05) is 69.2 Å². The third-order valence-electron chi connectivity index (χ3n) is 10.4. The van der Waals surface area contributed by atoms with E-state index in [4.69, 9.17) is 28.0 Å². The summed E-state index contributed by atoms with van der Waals surface area (Å²) in [5, 5.41) is 0.128. The SMILES string of the molecule is CCc1nc(C)c2ncn([C@@H]3O[C@H](CO[Si](C)(C)C(C)(C)C)[C@@H](O[Si](C)(C)C(C)(C)C)[C@H]3O[Si](C)(C)C(C)(C)C)c2n1. The van der Waals surface area contributed by atoms with Gasteiger partial charge in [0, 0.05) is 6.42 Å². The molecule has 0 spiro atoms. The van der Waals surface area contributed by atoms with Crippen LogP contribution in [0.4, 0.5) is 0 Å². The first-order chi connectivity index (χ1) is 18.8. The summed E-state index contributed by atoms with van der Waals surface area (Å²) < 4.78 is 30.5. The average Bonchev–Trinajstić information content (AvgIpc) is 3.37. The normalized spacial score (nSPS) is 23.3. The van der Waals surface area contributed by atoms with Crippen molar-refractivity contribution in [3.8, 4) is 0 Å². The van der Waals surface area contributed by atoms with E-state index >= 15 is 0 Å². The minimum absolute atomic E-state index is 0.0138. The van der Waals surface area contributed by atoms with E-state index in [2.05, 4.69) is 118 Å². The second-order valence-electron chi connectivity index (χ2n) is 16.7. The average molecular weight is 637 g/mol. The molecule has 0 amide bonds. The van der Waals surface area contributed by atoms with Crippen LogP contribution in [-0.2, 0) is 24.4 Å². The number of imidazole rings is 1. The van der Waals surface area contributed by atoms with Crippen molar-refractivity contribution in [2.24, 2.45) is 0 Å². The van der Waals surface area contributed by atoms with Gasteiger partial charge in [0.2, 0.25) is 0 Å². The second-order valence-corrected chi connectivity index (χ2v) is 31.0. The zero-order chi connectivity index (χ0) is 32.3. The first kappa shape index (κ1) is 35.5. The van der Waals surface area contributed by atoms with E-state index in [0.29, 0.717) is 6.61 Å². The third-order valence-corrected chi connectivity index (χ3v) is 23.9. The molecule has 0 unspecified atom stereocenters. The van der Waals surface area contributed by atoms with Crippen molar-refractivity contribution in [1.82, 2.24) is 19.5 Å². The van der Waals surface area contributed by atoms with Crippen LogP contribution in [0.5, 0.6) is 0 Å². The Bertz CT molecular complexity index is 1240. The largest absolute Gasteiger partial charge is 0.414 e. The zero-order valence-corrected chi connectivity index (χ0v) is 32.7. The summed E-state index contributed by atoms with van der Waals surface area (Å²) in [5.41, 5.74) is 2.46. The van der Waals surface area contributed by atoms with Crippen LogP contribution in [0.3, 0.4) is 0 Å². The van der Waals surface area contributed by atoms with Gasteiger partial charge >= 0.3 is 0 Å². The Balaban J connectivity index is 2.19. The Morgan fingerprint density at radius 3 is 1.76 bits per heavy atom. The molecule has 1 aliphatic rings. The lowest BCUT2D eigenvalue weighted by Crippen LogP contribution is -2.54. The van der Waals surface area contributed by atoms with Gasteiger partial charge in [0.15, 0.2) is 36.8 Å². The molecule has 0 bridgehead atoms. The van der Waals surface area contributed by atoms with Crippen LogP contribution in [0, 0.1) is 6.92 Å². The van der Waals surface area contributed by atoms with E-state index in [0.717, 1.165) is 29.1 Å². The second kappa shape index (κ2) is 11.8. The fourth-order valence-corrected chi connectivity index (χ4v) is 7.95. The van der Waals surface area contributed by atoms with Crippen molar-refractivity contribution in [3.05, 3.63) is 17.8 Å². The van der Waals surface area contributed by atoms with Gasteiger partial charge in [0.1, 0.15) is 29.7 Å². The molecule has 240 valence electrons. The highest BCUT2D eigenvalue weighted by Crippen LogP contribution is 2.47. The van der Waals surface area contributed by atoms with E-state index in [1.54, 1.807) is 0 Å². The molecule has 0 aromatic carbocycles. The van der Waals surface area contributed by atoms with Crippen molar-refractivity contribution >= 4 is 36.1 Å². The lowest BCUT2D eigenvalue weighted by molar-refractivity contribution is -0.0470. The maximum absolute atomic E-state index is 7.31. The predicted molar refractivity (Wildman–Crippen MR) is 181 cm³/mol.